The summed E-state index contributed by atoms with van der Waals surface area (Å²) in [7, 11) is 0. The fraction of sp³-hybridized carbons (Fsp3) is 0.182. The number of rotatable bonds is 2. The van der Waals surface area contributed by atoms with Crippen molar-refractivity contribution in [2.24, 2.45) is 0 Å². The average molecular weight is 399 g/mol. The number of anilines is 1. The second kappa shape index (κ2) is 10.2. The van der Waals surface area contributed by atoms with Gasteiger partial charge in [0.25, 0.3) is 5.91 Å². The number of para-hydroxylation sites is 1. The van der Waals surface area contributed by atoms with Crippen molar-refractivity contribution in [3.63, 3.8) is 0 Å². The Morgan fingerprint density at radius 1 is 1.14 bits per heavy atom. The van der Waals surface area contributed by atoms with Crippen molar-refractivity contribution >= 4 is 22.5 Å². The number of amides is 1. The molecule has 6 heteroatoms. The van der Waals surface area contributed by atoms with Crippen molar-refractivity contribution < 1.29 is 60.7 Å². The van der Waals surface area contributed by atoms with E-state index in [1.807, 2.05) is 36.4 Å². The number of carbonyl (C=O) groups excluding carboxylic acids is 1. The molecular weight excluding hydrogens is 377 g/mol. The van der Waals surface area contributed by atoms with Crippen molar-refractivity contribution in [1.29, 1.82) is 0 Å². The molecule has 138 valence electrons. The summed E-state index contributed by atoms with van der Waals surface area (Å²) in [6, 6.07) is 19.6. The molecule has 0 spiro atoms. The van der Waals surface area contributed by atoms with Gasteiger partial charge in [0, 0.05) is 17.1 Å². The van der Waals surface area contributed by atoms with Gasteiger partial charge in [0.1, 0.15) is 0 Å². The van der Waals surface area contributed by atoms with Crippen LogP contribution in [0.5, 0.6) is 0 Å². The minimum Gasteiger partial charge on any atom is -0.470 e. The van der Waals surface area contributed by atoms with Crippen LogP contribution >= 0.6 is 0 Å². The number of hydrogen-bond donors (Lipinski definition) is 2. The average Bonchev–Trinajstić information content (AvgIpc) is 3.33. The number of aromatic nitrogens is 2. The van der Waals surface area contributed by atoms with Gasteiger partial charge in [0.05, 0.1) is 5.56 Å². The molecule has 0 aliphatic carbocycles. The van der Waals surface area contributed by atoms with Gasteiger partial charge in [0.2, 0.25) is 0 Å². The standard InChI is InChI=1S/C15H11N2O.C7H10NO.K/c18-15(17-11-6-2-1-3-7-11)13-10-16-14-9-5-4-8-12(13)14;1-7(2,3)6-4-5-8-9-6;/h2-10,16H,(H,17,18);4H,1-3H3;/q2*-1;+1. The Morgan fingerprint density at radius 3 is 2.46 bits per heavy atom. The van der Waals surface area contributed by atoms with Crippen LogP contribution in [0.4, 0.5) is 5.69 Å². The molecule has 2 N–H and O–H groups in total. The summed E-state index contributed by atoms with van der Waals surface area (Å²) >= 11 is 0. The Morgan fingerprint density at radius 2 is 1.86 bits per heavy atom. The van der Waals surface area contributed by atoms with Gasteiger partial charge >= 0.3 is 51.4 Å². The number of benzene rings is 2. The van der Waals surface area contributed by atoms with Crippen LogP contribution in [-0.4, -0.2) is 16.0 Å². The second-order valence-electron chi connectivity index (χ2n) is 7.06. The normalized spacial score (nSPS) is 10.5. The van der Waals surface area contributed by atoms with E-state index in [0.29, 0.717) is 5.56 Å². The number of aromatic amines is 1. The maximum absolute atomic E-state index is 12.1. The van der Waals surface area contributed by atoms with Gasteiger partial charge in [-0.15, -0.1) is 18.3 Å². The molecule has 2 heterocycles. The van der Waals surface area contributed by atoms with Crippen LogP contribution in [0.25, 0.3) is 10.9 Å². The Labute approximate surface area is 207 Å². The van der Waals surface area contributed by atoms with E-state index in [1.165, 1.54) is 0 Å². The molecule has 2 aromatic carbocycles. The first-order valence-corrected chi connectivity index (χ1v) is 8.62. The summed E-state index contributed by atoms with van der Waals surface area (Å²) in [5.41, 5.74) is 2.44. The maximum atomic E-state index is 12.1. The fourth-order valence-electron chi connectivity index (χ4n) is 2.47. The summed E-state index contributed by atoms with van der Waals surface area (Å²) in [4.78, 5) is 15.2. The number of carbonyl (C=O) groups is 1. The Balaban J connectivity index is 0.000000239. The van der Waals surface area contributed by atoms with Gasteiger partial charge in [-0.25, -0.2) is 5.16 Å². The molecular formula is C22H21KN3O2-. The third kappa shape index (κ3) is 5.89. The summed E-state index contributed by atoms with van der Waals surface area (Å²) in [5.74, 6) is 0.765. The van der Waals surface area contributed by atoms with Crippen molar-refractivity contribution in [2.45, 2.75) is 26.2 Å². The van der Waals surface area contributed by atoms with Crippen LogP contribution in [0.15, 0.2) is 65.3 Å². The van der Waals surface area contributed by atoms with E-state index in [1.54, 1.807) is 24.4 Å². The van der Waals surface area contributed by atoms with Crippen molar-refractivity contribution in [1.82, 2.24) is 10.1 Å². The molecule has 28 heavy (non-hydrogen) atoms. The Hall–Kier alpha value is -1.70. The summed E-state index contributed by atoms with van der Waals surface area (Å²) in [6.07, 6.45) is 4.35. The number of hydrogen-bond acceptors (Lipinski definition) is 3. The topological polar surface area (TPSA) is 70.9 Å². The predicted molar refractivity (Wildman–Crippen MR) is 106 cm³/mol. The molecule has 0 aliphatic heterocycles. The molecule has 0 saturated carbocycles. The predicted octanol–water partition coefficient (Wildman–Crippen LogP) is 2.00. The first kappa shape index (κ1) is 22.6. The van der Waals surface area contributed by atoms with Gasteiger partial charge in [-0.3, -0.25) is 4.79 Å². The van der Waals surface area contributed by atoms with Crippen molar-refractivity contribution in [3.05, 3.63) is 84.4 Å². The van der Waals surface area contributed by atoms with Crippen molar-refractivity contribution in [2.75, 3.05) is 5.32 Å². The Bertz CT molecular complexity index is 1000. The molecule has 2 aromatic heterocycles. The van der Waals surface area contributed by atoms with E-state index < -0.39 is 0 Å². The molecule has 0 unspecified atom stereocenters. The van der Waals surface area contributed by atoms with Gasteiger partial charge in [0.15, 0.2) is 0 Å². The van der Waals surface area contributed by atoms with Crippen molar-refractivity contribution in [3.8, 4) is 0 Å². The van der Waals surface area contributed by atoms with E-state index in [9.17, 15) is 4.79 Å². The van der Waals surface area contributed by atoms with Crippen LogP contribution in [-0.2, 0) is 5.41 Å². The van der Waals surface area contributed by atoms with Crippen LogP contribution in [0.1, 0.15) is 36.9 Å². The third-order valence-electron chi connectivity index (χ3n) is 3.94. The zero-order valence-electron chi connectivity index (χ0n) is 16.5. The number of fused-ring (bicyclic) bond motifs is 1. The molecule has 5 nitrogen and oxygen atoms in total. The van der Waals surface area contributed by atoms with E-state index >= 15 is 0 Å². The summed E-state index contributed by atoms with van der Waals surface area (Å²) in [6.45, 7) is 6.21. The van der Waals surface area contributed by atoms with E-state index in [2.05, 4.69) is 48.5 Å². The fourth-order valence-corrected chi connectivity index (χ4v) is 2.47. The maximum Gasteiger partial charge on any atom is 1.00 e. The number of nitrogens with one attached hydrogen (secondary N) is 2. The minimum absolute atomic E-state index is 0. The van der Waals surface area contributed by atoms with Crippen LogP contribution < -0.4 is 56.7 Å². The first-order chi connectivity index (χ1) is 12.9. The molecule has 4 rings (SSSR count). The smallest absolute Gasteiger partial charge is 0.470 e. The molecule has 0 fully saturated rings. The molecule has 0 bridgehead atoms. The SMILES string of the molecule is CC(C)(C)c1c[c-]no1.O=C(Nc1cc[c-]cc1)c1c[nH]c2ccccc12.[K+]. The van der Waals surface area contributed by atoms with Gasteiger partial charge in [-0.05, 0) is 17.2 Å². The number of H-pyrrole nitrogens is 1. The number of nitrogens with zero attached hydrogens (tertiary/aromatic N) is 1. The molecule has 0 saturated heterocycles. The molecule has 0 aliphatic rings. The van der Waals surface area contributed by atoms with Crippen LogP contribution in [0, 0.1) is 12.3 Å². The quantitative estimate of drug-likeness (QED) is 0.401. The van der Waals surface area contributed by atoms with E-state index in [-0.39, 0.29) is 62.7 Å². The van der Waals surface area contributed by atoms with Gasteiger partial charge in [-0.2, -0.15) is 24.3 Å². The zero-order chi connectivity index (χ0) is 19.3. The summed E-state index contributed by atoms with van der Waals surface area (Å²) in [5, 5.41) is 7.27. The minimum atomic E-state index is -0.112. The first-order valence-electron chi connectivity index (χ1n) is 8.62. The molecule has 1 amide bonds. The largest absolute Gasteiger partial charge is 1.00 e. The zero-order valence-corrected chi connectivity index (χ0v) is 19.7. The van der Waals surface area contributed by atoms with E-state index in [0.717, 1.165) is 22.4 Å². The van der Waals surface area contributed by atoms with Crippen LogP contribution in [0.2, 0.25) is 0 Å². The summed E-state index contributed by atoms with van der Waals surface area (Å²) < 4.78 is 4.89. The van der Waals surface area contributed by atoms with Gasteiger partial charge < -0.3 is 14.8 Å². The monoisotopic (exact) mass is 398 g/mol. The molecule has 0 radical (unpaired) electrons. The van der Waals surface area contributed by atoms with E-state index in [4.69, 9.17) is 4.52 Å². The Kier molecular flexibility index (Phi) is 8.21. The van der Waals surface area contributed by atoms with Gasteiger partial charge in [-0.1, -0.05) is 44.7 Å². The second-order valence-corrected chi connectivity index (χ2v) is 7.06. The molecule has 0 atom stereocenters. The molecule has 4 aromatic rings. The van der Waals surface area contributed by atoms with Crippen LogP contribution in [0.3, 0.4) is 0 Å². The third-order valence-corrected chi connectivity index (χ3v) is 3.94.